The number of nitrogens with zero attached hydrogens (tertiary/aromatic N) is 1. The lowest BCUT2D eigenvalue weighted by atomic mass is 10.0. The van der Waals surface area contributed by atoms with E-state index in [1.165, 1.54) is 0 Å². The van der Waals surface area contributed by atoms with Gasteiger partial charge < -0.3 is 5.73 Å². The van der Waals surface area contributed by atoms with Crippen LogP contribution in [0, 0.1) is 0 Å². The fraction of sp³-hybridized carbons (Fsp3) is 0.538. The molecule has 1 aliphatic heterocycles. The van der Waals surface area contributed by atoms with Crippen molar-refractivity contribution in [3.8, 4) is 0 Å². The fourth-order valence-corrected chi connectivity index (χ4v) is 4.41. The van der Waals surface area contributed by atoms with Crippen LogP contribution in [-0.2, 0) is 16.6 Å². The van der Waals surface area contributed by atoms with Crippen LogP contribution in [0.15, 0.2) is 29.2 Å². The molecule has 0 spiro atoms. The molecule has 0 radical (unpaired) electrons. The molecule has 0 aromatic heterocycles. The summed E-state index contributed by atoms with van der Waals surface area (Å²) in [6.45, 7) is 4.91. The van der Waals surface area contributed by atoms with E-state index in [0.717, 1.165) is 18.4 Å². The molecule has 1 aromatic rings. The van der Waals surface area contributed by atoms with Gasteiger partial charge in [0.1, 0.15) is 0 Å². The zero-order valence-electron chi connectivity index (χ0n) is 10.9. The highest BCUT2D eigenvalue weighted by molar-refractivity contribution is 7.89. The van der Waals surface area contributed by atoms with Crippen LogP contribution < -0.4 is 5.73 Å². The minimum atomic E-state index is -3.40. The van der Waals surface area contributed by atoms with Gasteiger partial charge in [0.2, 0.25) is 10.0 Å². The second-order valence-corrected chi connectivity index (χ2v) is 7.21. The third-order valence-electron chi connectivity index (χ3n) is 3.55. The van der Waals surface area contributed by atoms with E-state index in [-0.39, 0.29) is 5.54 Å². The van der Waals surface area contributed by atoms with E-state index in [9.17, 15) is 8.42 Å². The fourth-order valence-electron chi connectivity index (χ4n) is 2.49. The predicted molar refractivity (Wildman–Crippen MR) is 71.5 cm³/mol. The van der Waals surface area contributed by atoms with Crippen molar-refractivity contribution in [2.75, 3.05) is 6.54 Å². The quantitative estimate of drug-likeness (QED) is 0.907. The van der Waals surface area contributed by atoms with Gasteiger partial charge in [-0.2, -0.15) is 4.31 Å². The van der Waals surface area contributed by atoms with Crippen molar-refractivity contribution in [1.82, 2.24) is 4.31 Å². The van der Waals surface area contributed by atoms with Gasteiger partial charge in [-0.1, -0.05) is 12.1 Å². The van der Waals surface area contributed by atoms with Gasteiger partial charge in [-0.25, -0.2) is 8.42 Å². The van der Waals surface area contributed by atoms with Crippen LogP contribution >= 0.6 is 0 Å². The Bertz CT molecular complexity index is 538. The van der Waals surface area contributed by atoms with E-state index in [4.69, 9.17) is 5.73 Å². The minimum absolute atomic E-state index is 0.294. The molecule has 1 aromatic carbocycles. The van der Waals surface area contributed by atoms with Crippen molar-refractivity contribution in [3.05, 3.63) is 29.8 Å². The second kappa shape index (κ2) is 4.64. The van der Waals surface area contributed by atoms with Crippen LogP contribution in [0.4, 0.5) is 0 Å². The zero-order chi connectivity index (χ0) is 13.4. The number of sulfonamides is 1. The van der Waals surface area contributed by atoms with E-state index in [1.54, 1.807) is 22.5 Å². The maximum Gasteiger partial charge on any atom is 0.243 e. The summed E-state index contributed by atoms with van der Waals surface area (Å²) in [7, 11) is -3.40. The summed E-state index contributed by atoms with van der Waals surface area (Å²) >= 11 is 0. The average molecular weight is 268 g/mol. The Labute approximate surface area is 109 Å². The van der Waals surface area contributed by atoms with E-state index in [0.29, 0.717) is 18.0 Å². The molecule has 0 bridgehead atoms. The standard InChI is InChI=1S/C13H20N2O2S/c1-13(2)7-4-8-15(13)18(16,17)12-6-3-5-11(9-12)10-14/h3,5-6,9H,4,7-8,10,14H2,1-2H3. The molecule has 1 heterocycles. The summed E-state index contributed by atoms with van der Waals surface area (Å²) in [5, 5.41) is 0. The molecule has 0 saturated carbocycles. The maximum absolute atomic E-state index is 12.6. The van der Waals surface area contributed by atoms with Crippen molar-refractivity contribution in [2.45, 2.75) is 43.7 Å². The molecule has 1 fully saturated rings. The van der Waals surface area contributed by atoms with Gasteiger partial charge in [0.15, 0.2) is 0 Å². The first kappa shape index (κ1) is 13.5. The first-order valence-corrected chi connectivity index (χ1v) is 7.64. The summed E-state index contributed by atoms with van der Waals surface area (Å²) in [6.07, 6.45) is 1.83. The SMILES string of the molecule is CC1(C)CCCN1S(=O)(=O)c1cccc(CN)c1. The van der Waals surface area contributed by atoms with Gasteiger partial charge in [-0.3, -0.25) is 0 Å². The van der Waals surface area contributed by atoms with Crippen LogP contribution in [0.1, 0.15) is 32.3 Å². The summed E-state index contributed by atoms with van der Waals surface area (Å²) in [4.78, 5) is 0.348. The monoisotopic (exact) mass is 268 g/mol. The highest BCUT2D eigenvalue weighted by Crippen LogP contribution is 2.33. The lowest BCUT2D eigenvalue weighted by Crippen LogP contribution is -2.42. The maximum atomic E-state index is 12.6. The highest BCUT2D eigenvalue weighted by Gasteiger charge is 2.40. The zero-order valence-corrected chi connectivity index (χ0v) is 11.7. The molecule has 1 saturated heterocycles. The van der Waals surface area contributed by atoms with Crippen molar-refractivity contribution < 1.29 is 8.42 Å². The third kappa shape index (κ3) is 2.30. The van der Waals surface area contributed by atoms with Gasteiger partial charge >= 0.3 is 0 Å². The molecule has 2 rings (SSSR count). The molecular weight excluding hydrogens is 248 g/mol. The summed E-state index contributed by atoms with van der Waals surface area (Å²) in [5.74, 6) is 0. The Balaban J connectivity index is 2.42. The van der Waals surface area contributed by atoms with Crippen LogP contribution in [0.25, 0.3) is 0 Å². The molecule has 0 aliphatic carbocycles. The van der Waals surface area contributed by atoms with Gasteiger partial charge in [0, 0.05) is 18.6 Å². The third-order valence-corrected chi connectivity index (χ3v) is 5.65. The Kier molecular flexibility index (Phi) is 3.49. The average Bonchev–Trinajstić information content (AvgIpc) is 2.69. The largest absolute Gasteiger partial charge is 0.326 e. The molecular formula is C13H20N2O2S. The molecule has 2 N–H and O–H groups in total. The number of nitrogens with two attached hydrogens (primary N) is 1. The lowest BCUT2D eigenvalue weighted by Gasteiger charge is -2.30. The van der Waals surface area contributed by atoms with Crippen molar-refractivity contribution in [3.63, 3.8) is 0 Å². The Morgan fingerprint density at radius 2 is 2.11 bits per heavy atom. The van der Waals surface area contributed by atoms with Crippen molar-refractivity contribution in [1.29, 1.82) is 0 Å². The van der Waals surface area contributed by atoms with Crippen LogP contribution in [-0.4, -0.2) is 24.8 Å². The number of benzene rings is 1. The Morgan fingerprint density at radius 1 is 1.39 bits per heavy atom. The first-order chi connectivity index (χ1) is 8.38. The summed E-state index contributed by atoms with van der Waals surface area (Å²) in [6, 6.07) is 6.90. The van der Waals surface area contributed by atoms with E-state index < -0.39 is 10.0 Å². The van der Waals surface area contributed by atoms with Crippen LogP contribution in [0.2, 0.25) is 0 Å². The van der Waals surface area contributed by atoms with E-state index in [1.807, 2.05) is 19.9 Å². The Hall–Kier alpha value is -0.910. The van der Waals surface area contributed by atoms with E-state index in [2.05, 4.69) is 0 Å². The molecule has 100 valence electrons. The van der Waals surface area contributed by atoms with Gasteiger partial charge in [-0.15, -0.1) is 0 Å². The second-order valence-electron chi connectivity index (χ2n) is 5.34. The predicted octanol–water partition coefficient (Wildman–Crippen LogP) is 1.71. The molecule has 1 aliphatic rings. The highest BCUT2D eigenvalue weighted by atomic mass is 32.2. The molecule has 0 unspecified atom stereocenters. The minimum Gasteiger partial charge on any atom is -0.326 e. The summed E-state index contributed by atoms with van der Waals surface area (Å²) in [5.41, 5.74) is 6.11. The van der Waals surface area contributed by atoms with Crippen LogP contribution in [0.3, 0.4) is 0 Å². The van der Waals surface area contributed by atoms with Gasteiger partial charge in [0.05, 0.1) is 4.90 Å². The topological polar surface area (TPSA) is 63.4 Å². The lowest BCUT2D eigenvalue weighted by molar-refractivity contribution is 0.291. The smallest absolute Gasteiger partial charge is 0.243 e. The van der Waals surface area contributed by atoms with Gasteiger partial charge in [0.25, 0.3) is 0 Å². The first-order valence-electron chi connectivity index (χ1n) is 6.20. The summed E-state index contributed by atoms with van der Waals surface area (Å²) < 4.78 is 26.8. The van der Waals surface area contributed by atoms with Crippen molar-refractivity contribution in [2.24, 2.45) is 5.73 Å². The normalized spacial score (nSPS) is 20.2. The molecule has 4 nitrogen and oxygen atoms in total. The van der Waals surface area contributed by atoms with Crippen molar-refractivity contribution >= 4 is 10.0 Å². The van der Waals surface area contributed by atoms with E-state index >= 15 is 0 Å². The number of hydrogen-bond acceptors (Lipinski definition) is 3. The number of hydrogen-bond donors (Lipinski definition) is 1. The van der Waals surface area contributed by atoms with Gasteiger partial charge in [-0.05, 0) is 44.4 Å². The number of rotatable bonds is 3. The molecule has 5 heteroatoms. The molecule has 18 heavy (non-hydrogen) atoms. The Morgan fingerprint density at radius 3 is 2.67 bits per heavy atom. The molecule has 0 atom stereocenters. The van der Waals surface area contributed by atoms with Crippen LogP contribution in [0.5, 0.6) is 0 Å². The molecule has 0 amide bonds.